The highest BCUT2D eigenvalue weighted by Gasteiger charge is 2.10. The quantitative estimate of drug-likeness (QED) is 0.831. The van der Waals surface area contributed by atoms with Crippen LogP contribution in [0.4, 0.5) is 11.9 Å². The molecule has 2 aromatic heterocycles. The fourth-order valence-corrected chi connectivity index (χ4v) is 1.44. The van der Waals surface area contributed by atoms with E-state index in [1.54, 1.807) is 35.1 Å². The van der Waals surface area contributed by atoms with Crippen LogP contribution in [0.2, 0.25) is 0 Å². The van der Waals surface area contributed by atoms with Crippen molar-refractivity contribution in [3.05, 3.63) is 18.5 Å². The van der Waals surface area contributed by atoms with Crippen LogP contribution >= 0.6 is 0 Å². The lowest BCUT2D eigenvalue weighted by Crippen LogP contribution is -2.22. The van der Waals surface area contributed by atoms with Crippen molar-refractivity contribution < 1.29 is 0 Å². The van der Waals surface area contributed by atoms with Gasteiger partial charge in [0.1, 0.15) is 0 Å². The number of rotatable bonds is 5. The molecular weight excluding hydrogens is 244 g/mol. The van der Waals surface area contributed by atoms with E-state index in [2.05, 4.69) is 31.4 Å². The normalized spacial score (nSPS) is 9.95. The smallest absolute Gasteiger partial charge is 0.257 e. The maximum absolute atomic E-state index is 8.61. The first kappa shape index (κ1) is 12.8. The molecule has 8 heteroatoms. The molecule has 0 aromatic carbocycles. The van der Waals surface area contributed by atoms with Gasteiger partial charge in [-0.15, -0.1) is 0 Å². The van der Waals surface area contributed by atoms with E-state index in [9.17, 15) is 0 Å². The summed E-state index contributed by atoms with van der Waals surface area (Å²) < 4.78 is 1.56. The average molecular weight is 258 g/mol. The van der Waals surface area contributed by atoms with Gasteiger partial charge in [-0.25, -0.2) is 4.68 Å². The van der Waals surface area contributed by atoms with Crippen LogP contribution in [-0.2, 0) is 0 Å². The van der Waals surface area contributed by atoms with E-state index in [0.29, 0.717) is 30.8 Å². The molecule has 0 fully saturated rings. The molecule has 0 aliphatic heterocycles. The summed E-state index contributed by atoms with van der Waals surface area (Å²) in [6, 6.07) is 3.89. The molecule has 19 heavy (non-hydrogen) atoms. The summed E-state index contributed by atoms with van der Waals surface area (Å²) in [6.45, 7) is 0.558. The molecule has 1 N–H and O–H groups in total. The zero-order chi connectivity index (χ0) is 13.7. The third-order valence-electron chi connectivity index (χ3n) is 2.45. The molecule has 0 amide bonds. The van der Waals surface area contributed by atoms with Gasteiger partial charge in [0.2, 0.25) is 11.9 Å². The summed E-state index contributed by atoms with van der Waals surface area (Å²) in [4.78, 5) is 14.6. The number of nitrogens with zero attached hydrogens (tertiary/aromatic N) is 7. The van der Waals surface area contributed by atoms with Crippen LogP contribution in [0.1, 0.15) is 6.42 Å². The molecule has 2 aromatic rings. The molecule has 0 radical (unpaired) electrons. The van der Waals surface area contributed by atoms with Crippen molar-refractivity contribution in [2.75, 3.05) is 30.9 Å². The van der Waals surface area contributed by atoms with Gasteiger partial charge < -0.3 is 10.2 Å². The van der Waals surface area contributed by atoms with Crippen LogP contribution in [0.5, 0.6) is 0 Å². The van der Waals surface area contributed by atoms with Crippen LogP contribution < -0.4 is 10.2 Å². The summed E-state index contributed by atoms with van der Waals surface area (Å²) in [7, 11) is 3.57. The van der Waals surface area contributed by atoms with E-state index in [0.717, 1.165) is 0 Å². The first-order chi connectivity index (χ1) is 9.24. The van der Waals surface area contributed by atoms with E-state index < -0.39 is 0 Å². The number of anilines is 2. The molecule has 8 nitrogen and oxygen atoms in total. The Bertz CT molecular complexity index is 571. The minimum absolute atomic E-state index is 0.411. The minimum atomic E-state index is 0.411. The topological polar surface area (TPSA) is 95.6 Å². The third-order valence-corrected chi connectivity index (χ3v) is 2.45. The average Bonchev–Trinajstić information content (AvgIpc) is 2.98. The number of hydrogen-bond donors (Lipinski definition) is 1. The second-order valence-corrected chi connectivity index (χ2v) is 3.79. The lowest BCUT2D eigenvalue weighted by Gasteiger charge is -2.16. The number of aromatic nitrogens is 5. The van der Waals surface area contributed by atoms with Crippen molar-refractivity contribution in [1.82, 2.24) is 24.7 Å². The Morgan fingerprint density at radius 2 is 2.26 bits per heavy atom. The molecular formula is C11H14N8. The van der Waals surface area contributed by atoms with Crippen LogP contribution in [0.3, 0.4) is 0 Å². The van der Waals surface area contributed by atoms with E-state index in [1.807, 2.05) is 7.05 Å². The summed E-state index contributed by atoms with van der Waals surface area (Å²) in [5.41, 5.74) is 0. The van der Waals surface area contributed by atoms with E-state index in [-0.39, 0.29) is 0 Å². The molecule has 0 aliphatic rings. The standard InChI is InChI=1S/C11H14N8/c1-13-9-15-10(18(2)7-3-5-12)17-11(16-9)19-8-4-6-14-19/h4,6,8H,3,7H2,1-2H3,(H,13,15,16,17). The predicted octanol–water partition coefficient (Wildman–Crippen LogP) is 0.449. The number of hydrogen-bond acceptors (Lipinski definition) is 7. The lowest BCUT2D eigenvalue weighted by atomic mass is 10.4. The van der Waals surface area contributed by atoms with Crippen LogP contribution in [-0.4, -0.2) is 45.4 Å². The Hall–Kier alpha value is -2.69. The fraction of sp³-hybridized carbons (Fsp3) is 0.364. The van der Waals surface area contributed by atoms with Crippen molar-refractivity contribution in [1.29, 1.82) is 5.26 Å². The van der Waals surface area contributed by atoms with Gasteiger partial charge in [-0.1, -0.05) is 0 Å². The Morgan fingerprint density at radius 1 is 1.42 bits per heavy atom. The highest BCUT2D eigenvalue weighted by atomic mass is 15.4. The molecule has 0 spiro atoms. The van der Waals surface area contributed by atoms with E-state index in [1.165, 1.54) is 0 Å². The fourth-order valence-electron chi connectivity index (χ4n) is 1.44. The monoisotopic (exact) mass is 258 g/mol. The number of nitriles is 1. The maximum atomic E-state index is 8.61. The lowest BCUT2D eigenvalue weighted by molar-refractivity contribution is 0.775. The Kier molecular flexibility index (Phi) is 3.87. The van der Waals surface area contributed by atoms with Crippen LogP contribution in [0.15, 0.2) is 18.5 Å². The molecule has 0 unspecified atom stereocenters. The first-order valence-corrected chi connectivity index (χ1v) is 5.76. The highest BCUT2D eigenvalue weighted by Crippen LogP contribution is 2.11. The van der Waals surface area contributed by atoms with Gasteiger partial charge in [0, 0.05) is 33.0 Å². The zero-order valence-electron chi connectivity index (χ0n) is 10.8. The summed E-state index contributed by atoms with van der Waals surface area (Å²) >= 11 is 0. The van der Waals surface area contributed by atoms with Gasteiger partial charge in [0.25, 0.3) is 5.95 Å². The first-order valence-electron chi connectivity index (χ1n) is 5.76. The van der Waals surface area contributed by atoms with Crippen molar-refractivity contribution >= 4 is 11.9 Å². The molecule has 2 rings (SSSR count). The van der Waals surface area contributed by atoms with Crippen LogP contribution in [0, 0.1) is 11.3 Å². The minimum Gasteiger partial charge on any atom is -0.357 e. The molecule has 2 heterocycles. The van der Waals surface area contributed by atoms with Gasteiger partial charge in [-0.2, -0.15) is 25.3 Å². The van der Waals surface area contributed by atoms with Gasteiger partial charge in [0.15, 0.2) is 0 Å². The van der Waals surface area contributed by atoms with E-state index in [4.69, 9.17) is 5.26 Å². The van der Waals surface area contributed by atoms with Crippen molar-refractivity contribution in [2.24, 2.45) is 0 Å². The Morgan fingerprint density at radius 3 is 2.89 bits per heavy atom. The SMILES string of the molecule is CNc1nc(N(C)CCC#N)nc(-n2cccn2)n1. The van der Waals surface area contributed by atoms with Gasteiger partial charge in [-0.05, 0) is 6.07 Å². The van der Waals surface area contributed by atoms with Gasteiger partial charge in [-0.3, -0.25) is 0 Å². The summed E-state index contributed by atoms with van der Waals surface area (Å²) in [5.74, 6) is 1.39. The molecule has 0 atom stereocenters. The summed E-state index contributed by atoms with van der Waals surface area (Å²) in [5, 5.41) is 15.6. The van der Waals surface area contributed by atoms with Gasteiger partial charge in [0.05, 0.1) is 12.5 Å². The predicted molar refractivity (Wildman–Crippen MR) is 70.0 cm³/mol. The highest BCUT2D eigenvalue weighted by molar-refractivity contribution is 5.39. The molecule has 0 aliphatic carbocycles. The second kappa shape index (κ2) is 5.77. The third kappa shape index (κ3) is 2.95. The summed E-state index contributed by atoms with van der Waals surface area (Å²) in [6.07, 6.45) is 3.82. The Labute approximate surface area is 110 Å². The zero-order valence-corrected chi connectivity index (χ0v) is 10.8. The van der Waals surface area contributed by atoms with Gasteiger partial charge >= 0.3 is 0 Å². The molecule has 0 bridgehead atoms. The van der Waals surface area contributed by atoms with Crippen molar-refractivity contribution in [3.8, 4) is 12.0 Å². The van der Waals surface area contributed by atoms with Crippen molar-refractivity contribution in [3.63, 3.8) is 0 Å². The molecule has 98 valence electrons. The molecule has 0 saturated carbocycles. The number of nitrogens with one attached hydrogen (secondary N) is 1. The Balaban J connectivity index is 2.34. The van der Waals surface area contributed by atoms with E-state index >= 15 is 0 Å². The maximum Gasteiger partial charge on any atom is 0.257 e. The van der Waals surface area contributed by atoms with Crippen LogP contribution in [0.25, 0.3) is 5.95 Å². The molecule has 0 saturated heterocycles. The largest absolute Gasteiger partial charge is 0.357 e. The second-order valence-electron chi connectivity index (χ2n) is 3.79. The van der Waals surface area contributed by atoms with Crippen molar-refractivity contribution in [2.45, 2.75) is 6.42 Å².